The van der Waals surface area contributed by atoms with Gasteiger partial charge in [0.15, 0.2) is 0 Å². The van der Waals surface area contributed by atoms with E-state index in [0.717, 1.165) is 10.0 Å². The van der Waals surface area contributed by atoms with Gasteiger partial charge in [0, 0.05) is 4.47 Å². The van der Waals surface area contributed by atoms with Crippen LogP contribution < -0.4 is 11.1 Å². The number of hydrogen-bond acceptors (Lipinski definition) is 2. The van der Waals surface area contributed by atoms with E-state index < -0.39 is 5.54 Å². The summed E-state index contributed by atoms with van der Waals surface area (Å²) < 4.78 is 0.846. The van der Waals surface area contributed by atoms with Gasteiger partial charge in [0.25, 0.3) is 0 Å². The van der Waals surface area contributed by atoms with E-state index in [2.05, 4.69) is 21.2 Å². The number of anilines is 1. The monoisotopic (exact) mass is 352 g/mol. The molecule has 3 nitrogen and oxygen atoms in total. The highest BCUT2D eigenvalue weighted by Gasteiger charge is 2.30. The first kappa shape index (κ1) is 15.0. The lowest BCUT2D eigenvalue weighted by Gasteiger charge is -2.24. The molecular weight excluding hydrogens is 340 g/mol. The Balaban J connectivity index is 2.23. The molecule has 0 fully saturated rings. The zero-order valence-electron chi connectivity index (χ0n) is 10.9. The fraction of sp³-hybridized carbons (Fsp3) is 0.133. The number of carbonyl (C=O) groups is 1. The van der Waals surface area contributed by atoms with Crippen molar-refractivity contribution < 1.29 is 4.79 Å². The molecular formula is C15H14BrClN2O. The molecule has 2 rings (SSSR count). The van der Waals surface area contributed by atoms with E-state index in [-0.39, 0.29) is 5.91 Å². The molecule has 0 spiro atoms. The average Bonchev–Trinajstić information content (AvgIpc) is 2.42. The molecule has 0 saturated heterocycles. The molecule has 0 saturated carbocycles. The minimum Gasteiger partial charge on any atom is -0.323 e. The predicted octanol–water partition coefficient (Wildman–Crippen LogP) is 3.92. The first-order valence-electron chi connectivity index (χ1n) is 6.02. The highest BCUT2D eigenvalue weighted by Crippen LogP contribution is 2.27. The van der Waals surface area contributed by atoms with Crippen LogP contribution in [-0.4, -0.2) is 5.91 Å². The Bertz CT molecular complexity index is 629. The predicted molar refractivity (Wildman–Crippen MR) is 85.8 cm³/mol. The third kappa shape index (κ3) is 3.20. The summed E-state index contributed by atoms with van der Waals surface area (Å²) in [6, 6.07) is 14.5. The third-order valence-electron chi connectivity index (χ3n) is 3.02. The van der Waals surface area contributed by atoms with Crippen molar-refractivity contribution in [1.82, 2.24) is 0 Å². The second kappa shape index (κ2) is 5.95. The van der Waals surface area contributed by atoms with Gasteiger partial charge in [-0.25, -0.2) is 0 Å². The number of amides is 1. The smallest absolute Gasteiger partial charge is 0.248 e. The fourth-order valence-corrected chi connectivity index (χ4v) is 2.48. The van der Waals surface area contributed by atoms with E-state index in [0.29, 0.717) is 10.7 Å². The van der Waals surface area contributed by atoms with Crippen LogP contribution in [0.5, 0.6) is 0 Å². The summed E-state index contributed by atoms with van der Waals surface area (Å²) in [5, 5.41) is 3.21. The van der Waals surface area contributed by atoms with Crippen LogP contribution in [0.3, 0.4) is 0 Å². The molecule has 104 valence electrons. The Labute approximate surface area is 131 Å². The van der Waals surface area contributed by atoms with Gasteiger partial charge in [-0.3, -0.25) is 4.79 Å². The second-order valence-electron chi connectivity index (χ2n) is 4.65. The molecule has 2 aromatic carbocycles. The second-order valence-corrected chi connectivity index (χ2v) is 5.97. The molecule has 0 aliphatic carbocycles. The molecule has 20 heavy (non-hydrogen) atoms. The SMILES string of the molecule is CC(N)(C(=O)Nc1ccc(Br)cc1Cl)c1ccccc1. The lowest BCUT2D eigenvalue weighted by molar-refractivity contribution is -0.120. The van der Waals surface area contributed by atoms with Crippen molar-refractivity contribution in [3.63, 3.8) is 0 Å². The minimum absolute atomic E-state index is 0.312. The quantitative estimate of drug-likeness (QED) is 0.879. The number of hydrogen-bond donors (Lipinski definition) is 2. The number of benzene rings is 2. The molecule has 0 bridgehead atoms. The lowest BCUT2D eigenvalue weighted by Crippen LogP contribution is -2.45. The number of rotatable bonds is 3. The first-order valence-corrected chi connectivity index (χ1v) is 7.19. The van der Waals surface area contributed by atoms with Crippen molar-refractivity contribution in [3.05, 3.63) is 63.6 Å². The molecule has 0 aromatic heterocycles. The zero-order valence-corrected chi connectivity index (χ0v) is 13.2. The molecule has 1 amide bonds. The highest BCUT2D eigenvalue weighted by molar-refractivity contribution is 9.10. The van der Waals surface area contributed by atoms with Crippen LogP contribution in [0.1, 0.15) is 12.5 Å². The molecule has 0 heterocycles. The number of nitrogens with one attached hydrogen (secondary N) is 1. The van der Waals surface area contributed by atoms with Crippen LogP contribution in [-0.2, 0) is 10.3 Å². The van der Waals surface area contributed by atoms with E-state index in [4.69, 9.17) is 17.3 Å². The van der Waals surface area contributed by atoms with Gasteiger partial charge in [-0.2, -0.15) is 0 Å². The van der Waals surface area contributed by atoms with Crippen molar-refractivity contribution in [1.29, 1.82) is 0 Å². The molecule has 2 aromatic rings. The van der Waals surface area contributed by atoms with Crippen LogP contribution >= 0.6 is 27.5 Å². The average molecular weight is 354 g/mol. The topological polar surface area (TPSA) is 55.1 Å². The summed E-state index contributed by atoms with van der Waals surface area (Å²) in [5.41, 5.74) is 6.29. The minimum atomic E-state index is -1.13. The third-order valence-corrected chi connectivity index (χ3v) is 3.83. The van der Waals surface area contributed by atoms with Crippen LogP contribution in [0, 0.1) is 0 Å². The van der Waals surface area contributed by atoms with Crippen LogP contribution in [0.4, 0.5) is 5.69 Å². The van der Waals surface area contributed by atoms with Crippen molar-refractivity contribution in [2.24, 2.45) is 5.73 Å². The van der Waals surface area contributed by atoms with E-state index in [1.807, 2.05) is 30.3 Å². The zero-order chi connectivity index (χ0) is 14.8. The van der Waals surface area contributed by atoms with Gasteiger partial charge >= 0.3 is 0 Å². The molecule has 1 unspecified atom stereocenters. The van der Waals surface area contributed by atoms with E-state index in [9.17, 15) is 4.79 Å². The van der Waals surface area contributed by atoms with Crippen molar-refractivity contribution in [2.75, 3.05) is 5.32 Å². The Kier molecular flexibility index (Phi) is 4.48. The summed E-state index contributed by atoms with van der Waals surface area (Å²) in [6.45, 7) is 1.67. The largest absolute Gasteiger partial charge is 0.323 e. The number of halogens is 2. The fourth-order valence-electron chi connectivity index (χ4n) is 1.76. The van der Waals surface area contributed by atoms with Crippen molar-refractivity contribution in [3.8, 4) is 0 Å². The Morgan fingerprint density at radius 1 is 1.25 bits per heavy atom. The molecule has 0 aliphatic heterocycles. The summed E-state index contributed by atoms with van der Waals surface area (Å²) in [5.74, 6) is -0.312. The van der Waals surface area contributed by atoms with Gasteiger partial charge in [0.05, 0.1) is 10.7 Å². The van der Waals surface area contributed by atoms with Gasteiger partial charge in [0.2, 0.25) is 5.91 Å². The van der Waals surface area contributed by atoms with Gasteiger partial charge in [-0.1, -0.05) is 57.9 Å². The maximum absolute atomic E-state index is 12.4. The standard InChI is InChI=1S/C15H14BrClN2O/c1-15(18,10-5-3-2-4-6-10)14(20)19-13-8-7-11(16)9-12(13)17/h2-9H,18H2,1H3,(H,19,20). The van der Waals surface area contributed by atoms with Crippen LogP contribution in [0.15, 0.2) is 53.0 Å². The molecule has 1 atom stereocenters. The molecule has 3 N–H and O–H groups in total. The van der Waals surface area contributed by atoms with Gasteiger partial charge < -0.3 is 11.1 Å². The Morgan fingerprint density at radius 2 is 1.90 bits per heavy atom. The summed E-state index contributed by atoms with van der Waals surface area (Å²) in [6.07, 6.45) is 0. The van der Waals surface area contributed by atoms with Gasteiger partial charge in [-0.15, -0.1) is 0 Å². The van der Waals surface area contributed by atoms with Crippen molar-refractivity contribution >= 4 is 39.1 Å². The number of nitrogens with two attached hydrogens (primary N) is 1. The molecule has 5 heteroatoms. The number of carbonyl (C=O) groups excluding carboxylic acids is 1. The summed E-state index contributed by atoms with van der Waals surface area (Å²) in [4.78, 5) is 12.4. The Morgan fingerprint density at radius 3 is 2.50 bits per heavy atom. The molecule has 0 aliphatic rings. The molecule has 0 radical (unpaired) electrons. The van der Waals surface area contributed by atoms with Crippen molar-refractivity contribution in [2.45, 2.75) is 12.5 Å². The van der Waals surface area contributed by atoms with Gasteiger partial charge in [-0.05, 0) is 30.7 Å². The van der Waals surface area contributed by atoms with E-state index in [1.165, 1.54) is 0 Å². The van der Waals surface area contributed by atoms with Gasteiger partial charge in [0.1, 0.15) is 5.54 Å². The maximum Gasteiger partial charge on any atom is 0.248 e. The Hall–Kier alpha value is -1.36. The van der Waals surface area contributed by atoms with E-state index in [1.54, 1.807) is 25.1 Å². The van der Waals surface area contributed by atoms with Crippen LogP contribution in [0.25, 0.3) is 0 Å². The summed E-state index contributed by atoms with van der Waals surface area (Å²) in [7, 11) is 0. The lowest BCUT2D eigenvalue weighted by atomic mass is 9.92. The normalized spacial score (nSPS) is 13.6. The highest BCUT2D eigenvalue weighted by atomic mass is 79.9. The van der Waals surface area contributed by atoms with Crippen LogP contribution in [0.2, 0.25) is 5.02 Å². The van der Waals surface area contributed by atoms with E-state index >= 15 is 0 Å². The first-order chi connectivity index (χ1) is 9.41. The maximum atomic E-state index is 12.4. The summed E-state index contributed by atoms with van der Waals surface area (Å²) >= 11 is 9.40.